The second-order valence-corrected chi connectivity index (χ2v) is 8.75. The summed E-state index contributed by atoms with van der Waals surface area (Å²) in [7, 11) is -0.269. The zero-order valence-corrected chi connectivity index (χ0v) is 17.4. The van der Waals surface area contributed by atoms with Gasteiger partial charge in [-0.2, -0.15) is 0 Å². The van der Waals surface area contributed by atoms with Gasteiger partial charge in [0.25, 0.3) is 0 Å². The highest BCUT2D eigenvalue weighted by Crippen LogP contribution is 2.14. The second-order valence-electron chi connectivity index (χ2n) is 7.19. The number of benzene rings is 1. The van der Waals surface area contributed by atoms with Crippen molar-refractivity contribution in [1.29, 1.82) is 0 Å². The van der Waals surface area contributed by atoms with Crippen molar-refractivity contribution in [3.05, 3.63) is 24.3 Å². The molecule has 1 aromatic carbocycles. The number of hydrogen-bond acceptors (Lipinski definition) is 6. The van der Waals surface area contributed by atoms with Crippen molar-refractivity contribution in [3.8, 4) is 0 Å². The molecular formula is C18H29N5O4S. The first-order chi connectivity index (χ1) is 13.1. The van der Waals surface area contributed by atoms with Crippen LogP contribution < -0.4 is 10.5 Å². The van der Waals surface area contributed by atoms with Gasteiger partial charge in [-0.05, 0) is 44.2 Å². The van der Waals surface area contributed by atoms with E-state index in [1.807, 2.05) is 6.92 Å². The van der Waals surface area contributed by atoms with Crippen LogP contribution in [-0.4, -0.2) is 87.8 Å². The minimum absolute atomic E-state index is 0.00146. The highest BCUT2D eigenvalue weighted by molar-refractivity contribution is 7.89. The lowest BCUT2D eigenvalue weighted by Crippen LogP contribution is -2.44. The van der Waals surface area contributed by atoms with E-state index < -0.39 is 10.0 Å². The summed E-state index contributed by atoms with van der Waals surface area (Å²) in [6.07, 6.45) is 0.876. The molecular weight excluding hydrogens is 382 g/mol. The Morgan fingerprint density at radius 3 is 2.36 bits per heavy atom. The van der Waals surface area contributed by atoms with Gasteiger partial charge in [-0.1, -0.05) is 0 Å². The van der Waals surface area contributed by atoms with Crippen molar-refractivity contribution in [2.24, 2.45) is 5.14 Å². The maximum atomic E-state index is 12.6. The van der Waals surface area contributed by atoms with E-state index in [0.29, 0.717) is 18.8 Å². The first-order valence-corrected chi connectivity index (χ1v) is 10.7. The summed E-state index contributed by atoms with van der Waals surface area (Å²) in [6.45, 7) is 5.23. The van der Waals surface area contributed by atoms with Gasteiger partial charge >= 0.3 is 0 Å². The van der Waals surface area contributed by atoms with Gasteiger partial charge in [0, 0.05) is 39.4 Å². The van der Waals surface area contributed by atoms with Crippen LogP contribution in [0.2, 0.25) is 0 Å². The van der Waals surface area contributed by atoms with E-state index in [2.05, 4.69) is 15.1 Å². The van der Waals surface area contributed by atoms with Gasteiger partial charge in [0.1, 0.15) is 0 Å². The third kappa shape index (κ3) is 6.26. The van der Waals surface area contributed by atoms with Gasteiger partial charge in [0.15, 0.2) is 0 Å². The third-order valence-corrected chi connectivity index (χ3v) is 5.79. The fourth-order valence-corrected chi connectivity index (χ4v) is 3.52. The first kappa shape index (κ1) is 22.3. The average Bonchev–Trinajstić information content (AvgIpc) is 2.86. The van der Waals surface area contributed by atoms with Crippen LogP contribution in [0.15, 0.2) is 29.2 Å². The molecule has 0 aliphatic carbocycles. The molecule has 10 heteroatoms. The standard InChI is InChI=1S/C18H29N5O4S/c1-14(18(25)20-15-5-7-16(8-6-15)28(19,26)27)23-10-4-9-22(11-12-23)13-17(24)21(2)3/h5-8,14H,4,9-13H2,1-3H3,(H,20,25)(H2,19,26,27)/t14-/m0/s1. The van der Waals surface area contributed by atoms with Crippen molar-refractivity contribution in [2.75, 3.05) is 52.1 Å². The van der Waals surface area contributed by atoms with Crippen molar-refractivity contribution in [3.63, 3.8) is 0 Å². The van der Waals surface area contributed by atoms with E-state index in [1.54, 1.807) is 19.0 Å². The molecule has 2 rings (SSSR count). The lowest BCUT2D eigenvalue weighted by atomic mass is 10.2. The molecule has 0 saturated carbocycles. The Balaban J connectivity index is 1.91. The molecule has 156 valence electrons. The van der Waals surface area contributed by atoms with Crippen molar-refractivity contribution < 1.29 is 18.0 Å². The summed E-state index contributed by atoms with van der Waals surface area (Å²) in [6, 6.07) is 5.41. The van der Waals surface area contributed by atoms with Crippen LogP contribution in [0.3, 0.4) is 0 Å². The molecule has 1 atom stereocenters. The quantitative estimate of drug-likeness (QED) is 0.667. The predicted octanol–water partition coefficient (Wildman–Crippen LogP) is -0.243. The number of amides is 2. The molecule has 0 aromatic heterocycles. The van der Waals surface area contributed by atoms with Crippen LogP contribution in [0, 0.1) is 0 Å². The minimum Gasteiger partial charge on any atom is -0.348 e. The number of hydrogen-bond donors (Lipinski definition) is 2. The highest BCUT2D eigenvalue weighted by atomic mass is 32.2. The van der Waals surface area contributed by atoms with Gasteiger partial charge in [-0.3, -0.25) is 19.4 Å². The monoisotopic (exact) mass is 411 g/mol. The normalized spacial score (nSPS) is 17.6. The van der Waals surface area contributed by atoms with Gasteiger partial charge in [-0.25, -0.2) is 13.6 Å². The number of likely N-dealkylation sites (N-methyl/N-ethyl adjacent to an activating group) is 1. The summed E-state index contributed by atoms with van der Waals surface area (Å²) < 4.78 is 22.6. The maximum absolute atomic E-state index is 12.6. The molecule has 1 aliphatic rings. The van der Waals surface area contributed by atoms with Crippen LogP contribution in [0.25, 0.3) is 0 Å². The van der Waals surface area contributed by atoms with Crippen LogP contribution in [0.1, 0.15) is 13.3 Å². The number of sulfonamides is 1. The van der Waals surface area contributed by atoms with Gasteiger partial charge in [0.2, 0.25) is 21.8 Å². The fraction of sp³-hybridized carbons (Fsp3) is 0.556. The number of nitrogens with two attached hydrogens (primary N) is 1. The summed E-state index contributed by atoms with van der Waals surface area (Å²) in [5, 5.41) is 7.88. The molecule has 28 heavy (non-hydrogen) atoms. The first-order valence-electron chi connectivity index (χ1n) is 9.18. The number of nitrogens with one attached hydrogen (secondary N) is 1. The molecule has 1 fully saturated rings. The number of nitrogens with zero attached hydrogens (tertiary/aromatic N) is 3. The molecule has 1 heterocycles. The Bertz CT molecular complexity index is 795. The van der Waals surface area contributed by atoms with E-state index in [4.69, 9.17) is 5.14 Å². The van der Waals surface area contributed by atoms with Crippen molar-refractivity contribution in [1.82, 2.24) is 14.7 Å². The molecule has 0 spiro atoms. The molecule has 3 N–H and O–H groups in total. The molecule has 1 aromatic rings. The summed E-state index contributed by atoms with van der Waals surface area (Å²) in [4.78, 5) is 30.3. The molecule has 0 unspecified atom stereocenters. The van der Waals surface area contributed by atoms with Gasteiger partial charge < -0.3 is 10.2 Å². The van der Waals surface area contributed by atoms with Crippen LogP contribution in [0.4, 0.5) is 5.69 Å². The topological polar surface area (TPSA) is 116 Å². The SMILES string of the molecule is C[C@@H](C(=O)Nc1ccc(S(N)(=O)=O)cc1)N1CCCN(CC(=O)N(C)C)CC1. The third-order valence-electron chi connectivity index (χ3n) is 4.86. The Morgan fingerprint density at radius 2 is 1.79 bits per heavy atom. The zero-order valence-electron chi connectivity index (χ0n) is 16.6. The fourth-order valence-electron chi connectivity index (χ4n) is 3.01. The van der Waals surface area contributed by atoms with Crippen molar-refractivity contribution in [2.45, 2.75) is 24.3 Å². The number of rotatable bonds is 6. The summed E-state index contributed by atoms with van der Waals surface area (Å²) in [5.41, 5.74) is 0.511. The smallest absolute Gasteiger partial charge is 0.241 e. The van der Waals surface area contributed by atoms with Crippen molar-refractivity contribution >= 4 is 27.5 Å². The molecule has 1 saturated heterocycles. The summed E-state index contributed by atoms with van der Waals surface area (Å²) in [5.74, 6) is -0.0941. The second kappa shape index (κ2) is 9.46. The highest BCUT2D eigenvalue weighted by Gasteiger charge is 2.25. The minimum atomic E-state index is -3.76. The van der Waals surface area contributed by atoms with E-state index in [9.17, 15) is 18.0 Å². The maximum Gasteiger partial charge on any atom is 0.241 e. The van der Waals surface area contributed by atoms with Gasteiger partial charge in [-0.15, -0.1) is 0 Å². The Kier molecular flexibility index (Phi) is 7.53. The Hall–Kier alpha value is -2.01. The zero-order chi connectivity index (χ0) is 20.9. The number of carbonyl (C=O) groups is 2. The van der Waals surface area contributed by atoms with E-state index in [-0.39, 0.29) is 22.8 Å². The van der Waals surface area contributed by atoms with E-state index in [1.165, 1.54) is 24.3 Å². The molecule has 0 radical (unpaired) electrons. The van der Waals surface area contributed by atoms with Gasteiger partial charge in [0.05, 0.1) is 17.5 Å². The molecule has 1 aliphatic heterocycles. The van der Waals surface area contributed by atoms with E-state index in [0.717, 1.165) is 26.1 Å². The lowest BCUT2D eigenvalue weighted by molar-refractivity contribution is -0.130. The van der Waals surface area contributed by atoms with Crippen LogP contribution in [-0.2, 0) is 19.6 Å². The van der Waals surface area contributed by atoms with Crippen LogP contribution >= 0.6 is 0 Å². The molecule has 0 bridgehead atoms. The molecule has 2 amide bonds. The number of primary sulfonamides is 1. The number of anilines is 1. The summed E-state index contributed by atoms with van der Waals surface area (Å²) >= 11 is 0. The van der Waals surface area contributed by atoms with E-state index >= 15 is 0 Å². The Morgan fingerprint density at radius 1 is 1.14 bits per heavy atom. The number of carbonyl (C=O) groups excluding carboxylic acids is 2. The van der Waals surface area contributed by atoms with Crippen LogP contribution in [0.5, 0.6) is 0 Å². The average molecular weight is 412 g/mol. The Labute approximate surface area is 166 Å². The molecule has 9 nitrogen and oxygen atoms in total. The lowest BCUT2D eigenvalue weighted by Gasteiger charge is -2.27. The predicted molar refractivity (Wildman–Crippen MR) is 107 cm³/mol. The largest absolute Gasteiger partial charge is 0.348 e.